The molecule has 8 heteroatoms. The van der Waals surface area contributed by atoms with Gasteiger partial charge in [-0.05, 0) is 82.9 Å². The van der Waals surface area contributed by atoms with Gasteiger partial charge in [0.2, 0.25) is 5.91 Å². The lowest BCUT2D eigenvalue weighted by atomic mass is 9.65. The molecule has 0 aromatic heterocycles. The summed E-state index contributed by atoms with van der Waals surface area (Å²) in [6.45, 7) is 11.5. The maximum atomic E-state index is 15.2. The molecule has 6 rings (SSSR count). The molecule has 0 bridgehead atoms. The van der Waals surface area contributed by atoms with Crippen molar-refractivity contribution in [2.75, 3.05) is 13.7 Å². The highest BCUT2D eigenvalue weighted by Crippen LogP contribution is 2.61. The molecule has 5 nitrogen and oxygen atoms in total. The fourth-order valence-electron chi connectivity index (χ4n) is 8.74. The number of hydrogen-bond acceptors (Lipinski definition) is 4. The van der Waals surface area contributed by atoms with Crippen molar-refractivity contribution in [3.05, 3.63) is 130 Å². The van der Waals surface area contributed by atoms with Crippen LogP contribution in [-0.2, 0) is 18.8 Å². The first kappa shape index (κ1) is 37.3. The molecule has 0 N–H and O–H groups in total. The van der Waals surface area contributed by atoms with Crippen LogP contribution in [0.3, 0.4) is 0 Å². The Kier molecular flexibility index (Phi) is 10.9. The molecular formula is C43H49Cl2NO4Si. The Hall–Kier alpha value is -3.42. The van der Waals surface area contributed by atoms with E-state index < -0.39 is 13.7 Å². The lowest BCUT2D eigenvalue weighted by molar-refractivity contribution is -0.157. The highest BCUT2D eigenvalue weighted by molar-refractivity contribution is 6.99. The number of ether oxygens (including phenoxy) is 1. The Morgan fingerprint density at radius 3 is 2.04 bits per heavy atom. The first-order valence-electron chi connectivity index (χ1n) is 18.0. The molecule has 1 amide bonds. The molecule has 4 aromatic rings. The monoisotopic (exact) mass is 741 g/mol. The minimum absolute atomic E-state index is 0.0649. The smallest absolute Gasteiger partial charge is 0.308 e. The summed E-state index contributed by atoms with van der Waals surface area (Å²) in [5, 5.41) is 3.57. The maximum Gasteiger partial charge on any atom is 0.308 e. The third-order valence-electron chi connectivity index (χ3n) is 11.4. The largest absolute Gasteiger partial charge is 0.469 e. The quantitative estimate of drug-likeness (QED) is 0.114. The third-order valence-corrected chi connectivity index (χ3v) is 16.9. The number of halogens is 2. The Bertz CT molecular complexity index is 1790. The number of piperidine rings is 1. The molecule has 4 aromatic carbocycles. The first-order valence-corrected chi connectivity index (χ1v) is 20.6. The maximum absolute atomic E-state index is 15.2. The minimum atomic E-state index is -2.79. The van der Waals surface area contributed by atoms with Crippen molar-refractivity contribution in [2.24, 2.45) is 17.3 Å². The second kappa shape index (κ2) is 14.9. The van der Waals surface area contributed by atoms with Crippen LogP contribution >= 0.6 is 23.2 Å². The normalized spacial score (nSPS) is 24.2. The van der Waals surface area contributed by atoms with Gasteiger partial charge in [0.25, 0.3) is 8.32 Å². The summed E-state index contributed by atoms with van der Waals surface area (Å²) in [7, 11) is -1.36. The van der Waals surface area contributed by atoms with Gasteiger partial charge in [-0.15, -0.1) is 0 Å². The molecule has 1 saturated heterocycles. The molecule has 1 aliphatic heterocycles. The number of rotatable bonds is 11. The van der Waals surface area contributed by atoms with E-state index in [2.05, 4.69) is 106 Å². The first-order chi connectivity index (χ1) is 24.3. The second-order valence-corrected chi connectivity index (χ2v) is 20.8. The van der Waals surface area contributed by atoms with Crippen LogP contribution in [0.1, 0.15) is 77.0 Å². The zero-order valence-corrected chi connectivity index (χ0v) is 33.0. The van der Waals surface area contributed by atoms with E-state index in [4.69, 9.17) is 32.4 Å². The van der Waals surface area contributed by atoms with Crippen molar-refractivity contribution < 1.29 is 18.8 Å². The molecule has 0 spiro atoms. The zero-order chi connectivity index (χ0) is 36.6. The molecule has 1 heterocycles. The fraction of sp³-hybridized carbons (Fsp3) is 0.395. The van der Waals surface area contributed by atoms with E-state index in [0.717, 1.165) is 11.1 Å². The molecule has 2 aliphatic rings. The average Bonchev–Trinajstić information content (AvgIpc) is 3.93. The number of hydrogen-bond donors (Lipinski definition) is 0. The van der Waals surface area contributed by atoms with Gasteiger partial charge < -0.3 is 14.1 Å². The molecule has 51 heavy (non-hydrogen) atoms. The number of amides is 1. The van der Waals surface area contributed by atoms with Crippen LogP contribution in [0.25, 0.3) is 0 Å². The average molecular weight is 743 g/mol. The van der Waals surface area contributed by atoms with E-state index in [-0.39, 0.29) is 46.8 Å². The molecule has 6 atom stereocenters. The van der Waals surface area contributed by atoms with E-state index in [9.17, 15) is 4.79 Å². The second-order valence-electron chi connectivity index (χ2n) is 15.6. The van der Waals surface area contributed by atoms with Gasteiger partial charge in [0.1, 0.15) is 0 Å². The Morgan fingerprint density at radius 1 is 0.882 bits per heavy atom. The zero-order valence-electron chi connectivity index (χ0n) is 30.4. The number of methoxy groups -OCH3 is 1. The number of carbonyl (C=O) groups is 2. The Labute approximate surface area is 314 Å². The van der Waals surface area contributed by atoms with Crippen LogP contribution in [0.15, 0.2) is 109 Å². The van der Waals surface area contributed by atoms with Crippen LogP contribution in [0, 0.1) is 17.3 Å². The molecule has 0 radical (unpaired) electrons. The van der Waals surface area contributed by atoms with E-state index in [1.165, 1.54) is 17.5 Å². The molecule has 1 aliphatic carbocycles. The van der Waals surface area contributed by atoms with Gasteiger partial charge >= 0.3 is 5.97 Å². The third kappa shape index (κ3) is 7.17. The summed E-state index contributed by atoms with van der Waals surface area (Å²) >= 11 is 13.0. The van der Waals surface area contributed by atoms with Crippen molar-refractivity contribution in [1.82, 2.24) is 4.90 Å². The summed E-state index contributed by atoms with van der Waals surface area (Å²) in [6.07, 6.45) is 1.85. The fourth-order valence-corrected chi connectivity index (χ4v) is 13.6. The SMILES string of the molecule is COC(=O)C1CC1C1(C)CC(c2cccc(Cl)c2)C(c2ccc(Cl)cc2)N([C@H](C)CCO[Si](c2ccccc2)(c2ccccc2)C(C)(C)C)C1=O. The summed E-state index contributed by atoms with van der Waals surface area (Å²) in [5.74, 6) is -0.645. The molecule has 2 fully saturated rings. The Balaban J connectivity index is 1.40. The van der Waals surface area contributed by atoms with Crippen LogP contribution in [0.4, 0.5) is 0 Å². The predicted molar refractivity (Wildman–Crippen MR) is 209 cm³/mol. The number of likely N-dealkylation sites (tertiary alicyclic amines) is 1. The van der Waals surface area contributed by atoms with Crippen molar-refractivity contribution in [2.45, 2.75) is 76.9 Å². The van der Waals surface area contributed by atoms with E-state index in [1.54, 1.807) is 0 Å². The van der Waals surface area contributed by atoms with Crippen molar-refractivity contribution >= 4 is 53.8 Å². The van der Waals surface area contributed by atoms with Gasteiger partial charge in [-0.2, -0.15) is 0 Å². The standard InChI is InChI=1S/C43H49Cl2NO4Si/c1-29(24-25-50-51(42(2,3)4,34-16-9-7-10-17-34)35-18-11-8-12-19-35)46-39(30-20-22-32(44)23-21-30)37(31-14-13-15-33(45)26-31)28-43(5,41(46)48)38-27-36(38)40(47)49-6/h7-23,26,29,36-39H,24-25,27-28H2,1-6H3/t29-,36?,37?,38?,39?,43?/m1/s1. The van der Waals surface area contributed by atoms with Crippen LogP contribution in [0.2, 0.25) is 15.1 Å². The number of benzene rings is 4. The number of nitrogens with zero attached hydrogens (tertiary/aromatic N) is 1. The topological polar surface area (TPSA) is 55.8 Å². The molecular weight excluding hydrogens is 693 g/mol. The van der Waals surface area contributed by atoms with Crippen molar-refractivity contribution in [1.29, 1.82) is 0 Å². The van der Waals surface area contributed by atoms with Gasteiger partial charge in [0.15, 0.2) is 0 Å². The van der Waals surface area contributed by atoms with Gasteiger partial charge in [0, 0.05) is 28.6 Å². The highest BCUT2D eigenvalue weighted by Gasteiger charge is 2.62. The number of carbonyl (C=O) groups excluding carboxylic acids is 2. The van der Waals surface area contributed by atoms with Gasteiger partial charge in [-0.3, -0.25) is 9.59 Å². The molecule has 1 saturated carbocycles. The predicted octanol–water partition coefficient (Wildman–Crippen LogP) is 9.22. The summed E-state index contributed by atoms with van der Waals surface area (Å²) in [5.41, 5.74) is 1.30. The lowest BCUT2D eigenvalue weighted by Crippen LogP contribution is -2.66. The van der Waals surface area contributed by atoms with Crippen LogP contribution < -0.4 is 10.4 Å². The van der Waals surface area contributed by atoms with Gasteiger partial charge in [0.05, 0.1) is 24.5 Å². The number of esters is 1. The molecule has 268 valence electrons. The Morgan fingerprint density at radius 2 is 1.49 bits per heavy atom. The highest BCUT2D eigenvalue weighted by atomic mass is 35.5. The summed E-state index contributed by atoms with van der Waals surface area (Å²) in [4.78, 5) is 30.0. The van der Waals surface area contributed by atoms with Crippen LogP contribution in [0.5, 0.6) is 0 Å². The van der Waals surface area contributed by atoms with Crippen molar-refractivity contribution in [3.8, 4) is 0 Å². The van der Waals surface area contributed by atoms with E-state index >= 15 is 4.79 Å². The van der Waals surface area contributed by atoms with Crippen molar-refractivity contribution in [3.63, 3.8) is 0 Å². The summed E-state index contributed by atoms with van der Waals surface area (Å²) in [6, 6.07) is 36.7. The molecule has 5 unspecified atom stereocenters. The van der Waals surface area contributed by atoms with E-state index in [1.807, 2.05) is 42.5 Å². The van der Waals surface area contributed by atoms with Crippen LogP contribution in [-0.4, -0.2) is 44.9 Å². The van der Waals surface area contributed by atoms with Gasteiger partial charge in [-0.1, -0.05) is 136 Å². The lowest BCUT2D eigenvalue weighted by Gasteiger charge is -2.52. The minimum Gasteiger partial charge on any atom is -0.469 e. The summed E-state index contributed by atoms with van der Waals surface area (Å²) < 4.78 is 12.5. The van der Waals surface area contributed by atoms with Gasteiger partial charge in [-0.25, -0.2) is 0 Å². The van der Waals surface area contributed by atoms with E-state index in [0.29, 0.717) is 35.9 Å².